The Morgan fingerprint density at radius 2 is 1.79 bits per heavy atom. The Morgan fingerprint density at radius 3 is 2.46 bits per heavy atom. The van der Waals surface area contributed by atoms with Gasteiger partial charge in [-0.25, -0.2) is 0 Å². The zero-order valence-electron chi connectivity index (χ0n) is 13.6. The highest BCUT2D eigenvalue weighted by atomic mass is 35.5. The minimum atomic E-state index is -0.116. The highest BCUT2D eigenvalue weighted by Crippen LogP contribution is 2.37. The van der Waals surface area contributed by atoms with Gasteiger partial charge in [0.15, 0.2) is 0 Å². The van der Waals surface area contributed by atoms with Gasteiger partial charge < -0.3 is 15.4 Å². The molecule has 0 spiro atoms. The topological polar surface area (TPSA) is 67.4 Å². The molecule has 24 heavy (non-hydrogen) atoms. The van der Waals surface area contributed by atoms with Crippen LogP contribution in [0.1, 0.15) is 37.2 Å². The zero-order chi connectivity index (χ0) is 16.9. The van der Waals surface area contributed by atoms with Crippen molar-refractivity contribution in [2.75, 3.05) is 19.8 Å². The minimum absolute atomic E-state index is 0.0236. The van der Waals surface area contributed by atoms with Crippen LogP contribution < -0.4 is 10.6 Å². The van der Waals surface area contributed by atoms with Crippen LogP contribution in [0.5, 0.6) is 0 Å². The van der Waals surface area contributed by atoms with E-state index in [1.165, 1.54) is 5.56 Å². The van der Waals surface area contributed by atoms with Crippen molar-refractivity contribution in [3.63, 3.8) is 0 Å². The summed E-state index contributed by atoms with van der Waals surface area (Å²) in [5.74, 6) is 0.296. The Balaban J connectivity index is 1.34. The molecule has 2 amide bonds. The minimum Gasteiger partial charge on any atom is -0.381 e. The van der Waals surface area contributed by atoms with Crippen LogP contribution in [0.3, 0.4) is 0 Å². The Hall–Kier alpha value is -1.59. The number of nitrogens with one attached hydrogen (secondary N) is 2. The lowest BCUT2D eigenvalue weighted by Crippen LogP contribution is -2.48. The standard InChI is InChI=1S/C18H23ClN2O3/c19-15-3-1-12(2-4-15)14-9-16(10-14)21-17(22)11-20-18(23)13-5-7-24-8-6-13/h1-4,13-14,16H,5-11H2,(H,20,23)(H,21,22). The van der Waals surface area contributed by atoms with Crippen LogP contribution in [0.2, 0.25) is 5.02 Å². The van der Waals surface area contributed by atoms with Crippen LogP contribution >= 0.6 is 11.6 Å². The van der Waals surface area contributed by atoms with Crippen molar-refractivity contribution < 1.29 is 14.3 Å². The molecule has 1 aromatic rings. The maximum absolute atomic E-state index is 12.0. The van der Waals surface area contributed by atoms with Gasteiger partial charge in [0, 0.05) is 30.2 Å². The fraction of sp³-hybridized carbons (Fsp3) is 0.556. The molecular weight excluding hydrogens is 328 g/mol. The van der Waals surface area contributed by atoms with E-state index < -0.39 is 0 Å². The third kappa shape index (κ3) is 4.48. The van der Waals surface area contributed by atoms with Crippen molar-refractivity contribution in [3.8, 4) is 0 Å². The summed E-state index contributed by atoms with van der Waals surface area (Å²) in [6.07, 6.45) is 3.33. The molecule has 1 aliphatic heterocycles. The molecule has 1 aromatic carbocycles. The van der Waals surface area contributed by atoms with Crippen molar-refractivity contribution in [1.29, 1.82) is 0 Å². The maximum Gasteiger partial charge on any atom is 0.239 e. The SMILES string of the molecule is O=C(CNC(=O)C1CCOCC1)NC1CC(c2ccc(Cl)cc2)C1. The fourth-order valence-corrected chi connectivity index (χ4v) is 3.42. The number of benzene rings is 1. The van der Waals surface area contributed by atoms with E-state index in [1.54, 1.807) is 0 Å². The summed E-state index contributed by atoms with van der Waals surface area (Å²) < 4.78 is 5.24. The van der Waals surface area contributed by atoms with Crippen molar-refractivity contribution in [2.24, 2.45) is 5.92 Å². The second-order valence-electron chi connectivity index (χ2n) is 6.59. The number of halogens is 1. The summed E-state index contributed by atoms with van der Waals surface area (Å²) in [5, 5.41) is 6.45. The van der Waals surface area contributed by atoms with Crippen LogP contribution in [0.4, 0.5) is 0 Å². The molecule has 0 unspecified atom stereocenters. The van der Waals surface area contributed by atoms with E-state index >= 15 is 0 Å². The quantitative estimate of drug-likeness (QED) is 0.855. The predicted molar refractivity (Wildman–Crippen MR) is 91.9 cm³/mol. The van der Waals surface area contributed by atoms with Gasteiger partial charge in [0.05, 0.1) is 6.54 Å². The van der Waals surface area contributed by atoms with Crippen LogP contribution in [0.25, 0.3) is 0 Å². The third-order valence-electron chi connectivity index (χ3n) is 4.86. The lowest BCUT2D eigenvalue weighted by molar-refractivity contribution is -0.131. The van der Waals surface area contributed by atoms with Crippen molar-refractivity contribution in [2.45, 2.75) is 37.6 Å². The smallest absolute Gasteiger partial charge is 0.239 e. The number of amides is 2. The predicted octanol–water partition coefficient (Wildman–Crippen LogP) is 2.25. The Labute approximate surface area is 147 Å². The Kier molecular flexibility index (Phi) is 5.74. The summed E-state index contributed by atoms with van der Waals surface area (Å²) in [4.78, 5) is 23.9. The van der Waals surface area contributed by atoms with Crippen LogP contribution in [-0.4, -0.2) is 37.6 Å². The lowest BCUT2D eigenvalue weighted by Gasteiger charge is -2.36. The van der Waals surface area contributed by atoms with E-state index in [4.69, 9.17) is 16.3 Å². The molecular formula is C18H23ClN2O3. The summed E-state index contributed by atoms with van der Waals surface area (Å²) in [7, 11) is 0. The highest BCUT2D eigenvalue weighted by Gasteiger charge is 2.31. The van der Waals surface area contributed by atoms with E-state index in [0.29, 0.717) is 19.1 Å². The Morgan fingerprint density at radius 1 is 1.12 bits per heavy atom. The summed E-state index contributed by atoms with van der Waals surface area (Å²) in [5.41, 5.74) is 1.26. The average Bonchev–Trinajstić information content (AvgIpc) is 2.57. The van der Waals surface area contributed by atoms with Gasteiger partial charge in [-0.2, -0.15) is 0 Å². The van der Waals surface area contributed by atoms with Crippen LogP contribution in [-0.2, 0) is 14.3 Å². The molecule has 2 N–H and O–H groups in total. The van der Waals surface area contributed by atoms with Crippen molar-refractivity contribution in [1.82, 2.24) is 10.6 Å². The number of hydrogen-bond donors (Lipinski definition) is 2. The van der Waals surface area contributed by atoms with Crippen LogP contribution in [0, 0.1) is 5.92 Å². The molecule has 130 valence electrons. The van der Waals surface area contributed by atoms with E-state index in [0.717, 1.165) is 30.7 Å². The number of carbonyl (C=O) groups is 2. The first-order valence-electron chi connectivity index (χ1n) is 8.52. The van der Waals surface area contributed by atoms with E-state index in [1.807, 2.05) is 24.3 Å². The van der Waals surface area contributed by atoms with Crippen molar-refractivity contribution >= 4 is 23.4 Å². The average molecular weight is 351 g/mol. The third-order valence-corrected chi connectivity index (χ3v) is 5.11. The highest BCUT2D eigenvalue weighted by molar-refractivity contribution is 6.30. The lowest BCUT2D eigenvalue weighted by atomic mass is 9.76. The van der Waals surface area contributed by atoms with E-state index in [9.17, 15) is 9.59 Å². The van der Waals surface area contributed by atoms with Gasteiger partial charge in [-0.1, -0.05) is 23.7 Å². The van der Waals surface area contributed by atoms with Crippen molar-refractivity contribution in [3.05, 3.63) is 34.9 Å². The molecule has 1 saturated carbocycles. The molecule has 0 aromatic heterocycles. The monoisotopic (exact) mass is 350 g/mol. The molecule has 2 fully saturated rings. The number of hydrogen-bond acceptors (Lipinski definition) is 3. The summed E-state index contributed by atoms with van der Waals surface area (Å²) in [6.45, 7) is 1.30. The van der Waals surface area contributed by atoms with Crippen LogP contribution in [0.15, 0.2) is 24.3 Å². The fourth-order valence-electron chi connectivity index (χ4n) is 3.29. The first-order valence-corrected chi connectivity index (χ1v) is 8.90. The van der Waals surface area contributed by atoms with Gasteiger partial charge in [-0.15, -0.1) is 0 Å². The normalized spacial score (nSPS) is 24.0. The van der Waals surface area contributed by atoms with Gasteiger partial charge in [-0.05, 0) is 49.3 Å². The molecule has 0 radical (unpaired) electrons. The molecule has 0 bridgehead atoms. The number of rotatable bonds is 5. The number of carbonyl (C=O) groups excluding carboxylic acids is 2. The van der Waals surface area contributed by atoms with Gasteiger partial charge in [0.1, 0.15) is 0 Å². The molecule has 3 rings (SSSR count). The van der Waals surface area contributed by atoms with E-state index in [-0.39, 0.29) is 30.3 Å². The second-order valence-corrected chi connectivity index (χ2v) is 7.03. The molecule has 1 heterocycles. The molecule has 1 aliphatic carbocycles. The molecule has 0 atom stereocenters. The van der Waals surface area contributed by atoms with Gasteiger partial charge in [0.25, 0.3) is 0 Å². The first-order chi connectivity index (χ1) is 11.6. The molecule has 2 aliphatic rings. The van der Waals surface area contributed by atoms with Gasteiger partial charge >= 0.3 is 0 Å². The Bertz CT molecular complexity index is 578. The largest absolute Gasteiger partial charge is 0.381 e. The molecule has 5 nitrogen and oxygen atoms in total. The van der Waals surface area contributed by atoms with E-state index in [2.05, 4.69) is 10.6 Å². The summed E-state index contributed by atoms with van der Waals surface area (Å²) >= 11 is 5.89. The molecule has 6 heteroatoms. The number of ether oxygens (including phenoxy) is 1. The van der Waals surface area contributed by atoms with Gasteiger partial charge in [-0.3, -0.25) is 9.59 Å². The first kappa shape index (κ1) is 17.2. The zero-order valence-corrected chi connectivity index (χ0v) is 14.3. The van der Waals surface area contributed by atoms with Gasteiger partial charge in [0.2, 0.25) is 11.8 Å². The maximum atomic E-state index is 12.0. The summed E-state index contributed by atoms with van der Waals surface area (Å²) in [6, 6.07) is 8.07. The molecule has 1 saturated heterocycles. The second kappa shape index (κ2) is 7.99.